The highest BCUT2D eigenvalue weighted by molar-refractivity contribution is 6.05. The standard InChI is InChI=1S/C29H27N5O3/c1-3-20-7-6-9-22(17-20)28(35)32-27-18-26(33-34(27)2)21-11-13-24(14-12-21)31-29(36)25-10-5-4-8-23(25)19-37-16-15-30/h1,4-14,17-18H,15-16,19,30H2,2H3,(H,31,36)(H,32,35). The van der Waals surface area contributed by atoms with E-state index in [9.17, 15) is 9.59 Å². The second-order valence-corrected chi connectivity index (χ2v) is 8.25. The Labute approximate surface area is 215 Å². The van der Waals surface area contributed by atoms with Crippen molar-refractivity contribution in [3.05, 3.63) is 101 Å². The van der Waals surface area contributed by atoms with Gasteiger partial charge in [0, 0.05) is 47.6 Å². The van der Waals surface area contributed by atoms with Gasteiger partial charge in [0.15, 0.2) is 0 Å². The van der Waals surface area contributed by atoms with Crippen LogP contribution in [0.5, 0.6) is 0 Å². The number of carbonyl (C=O) groups excluding carboxylic acids is 2. The maximum Gasteiger partial charge on any atom is 0.256 e. The number of terminal acetylenes is 1. The number of rotatable bonds is 9. The van der Waals surface area contributed by atoms with E-state index in [-0.39, 0.29) is 11.8 Å². The Morgan fingerprint density at radius 3 is 2.54 bits per heavy atom. The second kappa shape index (κ2) is 11.8. The minimum Gasteiger partial charge on any atom is -0.375 e. The lowest BCUT2D eigenvalue weighted by molar-refractivity contribution is 0.101. The maximum absolute atomic E-state index is 12.9. The maximum atomic E-state index is 12.9. The Hall–Kier alpha value is -4.71. The molecule has 1 aromatic heterocycles. The minimum atomic E-state index is -0.279. The number of amides is 2. The van der Waals surface area contributed by atoms with Crippen molar-refractivity contribution in [1.29, 1.82) is 0 Å². The molecule has 0 aliphatic rings. The molecule has 0 bridgehead atoms. The molecule has 4 aromatic rings. The molecule has 0 fully saturated rings. The number of aryl methyl sites for hydroxylation is 1. The molecule has 0 aliphatic carbocycles. The van der Waals surface area contributed by atoms with Gasteiger partial charge in [-0.2, -0.15) is 5.10 Å². The van der Waals surface area contributed by atoms with Crippen LogP contribution in [-0.4, -0.2) is 34.7 Å². The van der Waals surface area contributed by atoms with Crippen LogP contribution in [0.3, 0.4) is 0 Å². The molecule has 1 heterocycles. The molecule has 37 heavy (non-hydrogen) atoms. The van der Waals surface area contributed by atoms with Crippen LogP contribution in [0.25, 0.3) is 11.3 Å². The fourth-order valence-corrected chi connectivity index (χ4v) is 3.72. The summed E-state index contributed by atoms with van der Waals surface area (Å²) in [5, 5.41) is 10.3. The van der Waals surface area contributed by atoms with Crippen LogP contribution in [0, 0.1) is 12.3 Å². The van der Waals surface area contributed by atoms with Gasteiger partial charge in [-0.1, -0.05) is 42.3 Å². The lowest BCUT2D eigenvalue weighted by atomic mass is 10.1. The van der Waals surface area contributed by atoms with E-state index in [1.807, 2.05) is 30.3 Å². The molecule has 8 nitrogen and oxygen atoms in total. The van der Waals surface area contributed by atoms with Gasteiger partial charge in [-0.3, -0.25) is 14.3 Å². The topological polar surface area (TPSA) is 111 Å². The third-order valence-corrected chi connectivity index (χ3v) is 5.63. The summed E-state index contributed by atoms with van der Waals surface area (Å²) in [6, 6.07) is 23.3. The SMILES string of the molecule is C#Cc1cccc(C(=O)Nc2cc(-c3ccc(NC(=O)c4ccccc4COCCN)cc3)nn2C)c1. The first-order valence-corrected chi connectivity index (χ1v) is 11.7. The van der Waals surface area contributed by atoms with Crippen molar-refractivity contribution in [3.63, 3.8) is 0 Å². The Morgan fingerprint density at radius 2 is 1.78 bits per heavy atom. The Kier molecular flexibility index (Phi) is 8.11. The van der Waals surface area contributed by atoms with Gasteiger partial charge in [-0.15, -0.1) is 6.42 Å². The third kappa shape index (κ3) is 6.30. The van der Waals surface area contributed by atoms with Crippen molar-refractivity contribution in [1.82, 2.24) is 9.78 Å². The van der Waals surface area contributed by atoms with Gasteiger partial charge in [0.2, 0.25) is 0 Å². The van der Waals surface area contributed by atoms with Crippen LogP contribution in [0.4, 0.5) is 11.5 Å². The molecular weight excluding hydrogens is 466 g/mol. The Bertz CT molecular complexity index is 1450. The van der Waals surface area contributed by atoms with Crippen LogP contribution in [0.15, 0.2) is 78.9 Å². The molecule has 2 amide bonds. The molecule has 4 N–H and O–H groups in total. The zero-order valence-electron chi connectivity index (χ0n) is 20.4. The van der Waals surface area contributed by atoms with E-state index in [4.69, 9.17) is 16.9 Å². The van der Waals surface area contributed by atoms with Crippen molar-refractivity contribution < 1.29 is 14.3 Å². The van der Waals surface area contributed by atoms with E-state index in [1.165, 1.54) is 0 Å². The summed E-state index contributed by atoms with van der Waals surface area (Å²) < 4.78 is 7.09. The molecule has 186 valence electrons. The van der Waals surface area contributed by atoms with Gasteiger partial charge in [0.05, 0.1) is 18.9 Å². The van der Waals surface area contributed by atoms with Gasteiger partial charge < -0.3 is 21.1 Å². The molecule has 0 spiro atoms. The number of hydrogen-bond acceptors (Lipinski definition) is 5. The van der Waals surface area contributed by atoms with Gasteiger partial charge in [-0.25, -0.2) is 0 Å². The fourth-order valence-electron chi connectivity index (χ4n) is 3.72. The third-order valence-electron chi connectivity index (χ3n) is 5.63. The molecule has 0 saturated heterocycles. The number of carbonyl (C=O) groups is 2. The van der Waals surface area contributed by atoms with Crippen LogP contribution < -0.4 is 16.4 Å². The molecule has 8 heteroatoms. The summed E-state index contributed by atoms with van der Waals surface area (Å²) in [6.07, 6.45) is 5.43. The van der Waals surface area contributed by atoms with Crippen molar-refractivity contribution in [3.8, 4) is 23.6 Å². The van der Waals surface area contributed by atoms with E-state index < -0.39 is 0 Å². The first-order chi connectivity index (χ1) is 18.0. The molecule has 0 saturated carbocycles. The lowest BCUT2D eigenvalue weighted by Crippen LogP contribution is -2.15. The normalized spacial score (nSPS) is 10.5. The zero-order valence-corrected chi connectivity index (χ0v) is 20.4. The van der Waals surface area contributed by atoms with Gasteiger partial charge in [0.1, 0.15) is 5.82 Å². The monoisotopic (exact) mass is 493 g/mol. The van der Waals surface area contributed by atoms with E-state index in [1.54, 1.807) is 60.3 Å². The van der Waals surface area contributed by atoms with Crippen molar-refractivity contribution in [2.45, 2.75) is 6.61 Å². The number of nitrogens with one attached hydrogen (secondary N) is 2. The summed E-state index contributed by atoms with van der Waals surface area (Å²) in [6.45, 7) is 1.16. The zero-order chi connectivity index (χ0) is 26.2. The van der Waals surface area contributed by atoms with Crippen LogP contribution >= 0.6 is 0 Å². The number of benzene rings is 3. The minimum absolute atomic E-state index is 0.226. The van der Waals surface area contributed by atoms with Gasteiger partial charge >= 0.3 is 0 Å². The number of aromatic nitrogens is 2. The van der Waals surface area contributed by atoms with Crippen molar-refractivity contribution in [2.24, 2.45) is 12.8 Å². The highest BCUT2D eigenvalue weighted by Crippen LogP contribution is 2.24. The largest absolute Gasteiger partial charge is 0.375 e. The molecule has 0 aliphatic heterocycles. The molecule has 0 unspecified atom stereocenters. The average Bonchev–Trinajstić information content (AvgIpc) is 3.29. The van der Waals surface area contributed by atoms with E-state index in [0.717, 1.165) is 11.1 Å². The molecule has 3 aromatic carbocycles. The Morgan fingerprint density at radius 1 is 1.00 bits per heavy atom. The molecule has 0 atom stereocenters. The smallest absolute Gasteiger partial charge is 0.256 e. The highest BCUT2D eigenvalue weighted by Gasteiger charge is 2.14. The summed E-state index contributed by atoms with van der Waals surface area (Å²) in [7, 11) is 1.75. The number of nitrogens with two attached hydrogens (primary N) is 1. The quantitative estimate of drug-likeness (QED) is 0.241. The molecule has 0 radical (unpaired) electrons. The van der Waals surface area contributed by atoms with Crippen LogP contribution in [0.2, 0.25) is 0 Å². The predicted octanol–water partition coefficient (Wildman–Crippen LogP) is 4.05. The van der Waals surface area contributed by atoms with E-state index in [0.29, 0.717) is 53.6 Å². The number of anilines is 2. The summed E-state index contributed by atoms with van der Waals surface area (Å²) in [5.74, 6) is 2.56. The van der Waals surface area contributed by atoms with E-state index >= 15 is 0 Å². The second-order valence-electron chi connectivity index (χ2n) is 8.25. The summed E-state index contributed by atoms with van der Waals surface area (Å²) >= 11 is 0. The van der Waals surface area contributed by atoms with Gasteiger partial charge in [-0.05, 0) is 42.0 Å². The summed E-state index contributed by atoms with van der Waals surface area (Å²) in [5.41, 5.74) is 10.1. The first-order valence-electron chi connectivity index (χ1n) is 11.7. The van der Waals surface area contributed by atoms with Crippen molar-refractivity contribution in [2.75, 3.05) is 23.8 Å². The van der Waals surface area contributed by atoms with Crippen LogP contribution in [-0.2, 0) is 18.4 Å². The van der Waals surface area contributed by atoms with Gasteiger partial charge in [0.25, 0.3) is 11.8 Å². The van der Waals surface area contributed by atoms with Crippen LogP contribution in [0.1, 0.15) is 31.8 Å². The Balaban J connectivity index is 1.44. The van der Waals surface area contributed by atoms with E-state index in [2.05, 4.69) is 21.7 Å². The fraction of sp³-hybridized carbons (Fsp3) is 0.138. The highest BCUT2D eigenvalue weighted by atomic mass is 16.5. The molecular formula is C29H27N5O3. The number of nitrogens with zero attached hydrogens (tertiary/aromatic N) is 2. The van der Waals surface area contributed by atoms with Crippen molar-refractivity contribution >= 4 is 23.3 Å². The molecule has 4 rings (SSSR count). The summed E-state index contributed by atoms with van der Waals surface area (Å²) in [4.78, 5) is 25.5. The number of hydrogen-bond donors (Lipinski definition) is 3. The lowest BCUT2D eigenvalue weighted by Gasteiger charge is -2.11. The first kappa shape index (κ1) is 25.4. The average molecular weight is 494 g/mol. The number of ether oxygens (including phenoxy) is 1. The predicted molar refractivity (Wildman–Crippen MR) is 144 cm³/mol.